The summed E-state index contributed by atoms with van der Waals surface area (Å²) in [6.45, 7) is 0. The second kappa shape index (κ2) is 10.2. The van der Waals surface area contributed by atoms with Crippen LogP contribution >= 0.6 is 0 Å². The monoisotopic (exact) mass is 498 g/mol. The van der Waals surface area contributed by atoms with E-state index >= 15 is 0 Å². The number of primary amides is 1. The standard InChI is InChI=1S/C22H22N6O6S/c23-20(29)9-18-16-4-1-13(21(24)25)7-12(16)2-6-19(18)28-27-11-26-15-3-5-17(22(30)31)14(8-15)10-35(32,33)34/h1-8,11,28H,9-10H2,(H2,23,29)(H3,24,25)(H,26,27)(H,30,31)(H,32,33,34). The van der Waals surface area contributed by atoms with Crippen LogP contribution in [-0.4, -0.2) is 42.1 Å². The molecule has 0 saturated carbocycles. The molecule has 0 aliphatic rings. The highest BCUT2D eigenvalue weighted by atomic mass is 32.2. The van der Waals surface area contributed by atoms with Crippen LogP contribution in [0, 0.1) is 5.41 Å². The first-order valence-electron chi connectivity index (χ1n) is 9.98. The summed E-state index contributed by atoms with van der Waals surface area (Å²) in [6.07, 6.45) is 1.18. The number of hydrazine groups is 1. The van der Waals surface area contributed by atoms with E-state index in [4.69, 9.17) is 21.4 Å². The van der Waals surface area contributed by atoms with E-state index in [0.717, 1.165) is 10.8 Å². The molecule has 3 rings (SSSR count). The van der Waals surface area contributed by atoms with E-state index in [9.17, 15) is 23.1 Å². The van der Waals surface area contributed by atoms with Crippen molar-refractivity contribution < 1.29 is 27.7 Å². The molecule has 3 aromatic carbocycles. The Kier molecular flexibility index (Phi) is 7.32. The highest BCUT2D eigenvalue weighted by molar-refractivity contribution is 7.85. The number of hydrogen-bond acceptors (Lipinski definition) is 7. The first-order valence-corrected chi connectivity index (χ1v) is 11.6. The number of anilines is 1. The maximum Gasteiger partial charge on any atom is 0.336 e. The molecule has 0 spiro atoms. The molecule has 9 N–H and O–H groups in total. The van der Waals surface area contributed by atoms with Crippen molar-refractivity contribution >= 4 is 56.3 Å². The van der Waals surface area contributed by atoms with Crippen LogP contribution in [0.2, 0.25) is 0 Å². The number of carbonyl (C=O) groups is 2. The van der Waals surface area contributed by atoms with Crippen LogP contribution in [0.4, 0.5) is 11.4 Å². The number of amides is 1. The molecule has 12 nitrogen and oxygen atoms in total. The quantitative estimate of drug-likeness (QED) is 0.0930. The third kappa shape index (κ3) is 6.52. The number of amidine groups is 1. The van der Waals surface area contributed by atoms with Crippen molar-refractivity contribution in [1.82, 2.24) is 5.43 Å². The number of nitrogens with one attached hydrogen (secondary N) is 3. The Morgan fingerprint density at radius 1 is 1.09 bits per heavy atom. The lowest BCUT2D eigenvalue weighted by Gasteiger charge is -2.14. The number of fused-ring (bicyclic) bond motifs is 1. The van der Waals surface area contributed by atoms with Gasteiger partial charge in [-0.25, -0.2) is 9.79 Å². The van der Waals surface area contributed by atoms with E-state index in [0.29, 0.717) is 16.8 Å². The molecule has 0 unspecified atom stereocenters. The minimum absolute atomic E-state index is 0.0619. The third-order valence-electron chi connectivity index (χ3n) is 4.94. The van der Waals surface area contributed by atoms with Crippen LogP contribution in [0.5, 0.6) is 0 Å². The number of aliphatic imine (C=N–C) groups is 1. The molecule has 0 bridgehead atoms. The van der Waals surface area contributed by atoms with E-state index in [1.54, 1.807) is 30.3 Å². The van der Waals surface area contributed by atoms with Crippen molar-refractivity contribution in [3.63, 3.8) is 0 Å². The molecule has 0 atom stereocenters. The Bertz CT molecular complexity index is 1470. The van der Waals surface area contributed by atoms with Crippen molar-refractivity contribution in [2.45, 2.75) is 12.2 Å². The molecular formula is C22H22N6O6S. The van der Waals surface area contributed by atoms with Crippen LogP contribution in [0.1, 0.15) is 27.0 Å². The second-order valence-electron chi connectivity index (χ2n) is 7.48. The van der Waals surface area contributed by atoms with Gasteiger partial charge in [0.15, 0.2) is 0 Å². The summed E-state index contributed by atoms with van der Waals surface area (Å²) in [5, 5.41) is 18.3. The van der Waals surface area contributed by atoms with Crippen molar-refractivity contribution in [3.8, 4) is 0 Å². The highest BCUT2D eigenvalue weighted by Crippen LogP contribution is 2.27. The molecule has 0 aromatic heterocycles. The maximum absolute atomic E-state index is 11.7. The molecule has 0 radical (unpaired) electrons. The Morgan fingerprint density at radius 2 is 1.83 bits per heavy atom. The van der Waals surface area contributed by atoms with Crippen molar-refractivity contribution in [1.29, 1.82) is 5.41 Å². The van der Waals surface area contributed by atoms with E-state index in [1.807, 2.05) is 0 Å². The summed E-state index contributed by atoms with van der Waals surface area (Å²) in [6, 6.07) is 12.4. The number of nitrogens with zero attached hydrogens (tertiary/aromatic N) is 1. The maximum atomic E-state index is 11.7. The SMILES string of the molecule is N=C(N)c1ccc2c(CC(N)=O)c(NNC=Nc3ccc(C(=O)O)c(CS(=O)(=O)O)c3)ccc2c1. The third-order valence-corrected chi connectivity index (χ3v) is 5.61. The number of benzene rings is 3. The molecule has 1 amide bonds. The summed E-state index contributed by atoms with van der Waals surface area (Å²) in [4.78, 5) is 27.1. The van der Waals surface area contributed by atoms with Crippen molar-refractivity contribution in [2.24, 2.45) is 16.5 Å². The van der Waals surface area contributed by atoms with Crippen LogP contribution in [0.15, 0.2) is 53.5 Å². The minimum atomic E-state index is -4.45. The summed E-state index contributed by atoms with van der Waals surface area (Å²) >= 11 is 0. The second-order valence-corrected chi connectivity index (χ2v) is 8.94. The number of carbonyl (C=O) groups excluding carboxylic acids is 1. The molecule has 0 aliphatic heterocycles. The lowest BCUT2D eigenvalue weighted by molar-refractivity contribution is -0.117. The predicted octanol–water partition coefficient (Wildman–Crippen LogP) is 1.51. The van der Waals surface area contributed by atoms with E-state index in [1.165, 1.54) is 24.5 Å². The fourth-order valence-electron chi connectivity index (χ4n) is 3.45. The normalized spacial score (nSPS) is 11.5. The molecule has 13 heteroatoms. The number of rotatable bonds is 10. The number of carboxylic acids is 1. The fraction of sp³-hybridized carbons (Fsp3) is 0.0909. The van der Waals surface area contributed by atoms with Gasteiger partial charge in [-0.15, -0.1) is 0 Å². The zero-order valence-electron chi connectivity index (χ0n) is 18.1. The molecule has 0 heterocycles. The van der Waals surface area contributed by atoms with Gasteiger partial charge in [-0.1, -0.05) is 18.2 Å². The Morgan fingerprint density at radius 3 is 2.46 bits per heavy atom. The van der Waals surface area contributed by atoms with Gasteiger partial charge < -0.3 is 16.6 Å². The largest absolute Gasteiger partial charge is 0.478 e. The number of carboxylic acid groups (broad SMARTS) is 1. The molecule has 3 aromatic rings. The summed E-state index contributed by atoms with van der Waals surface area (Å²) in [7, 11) is -4.45. The van der Waals surface area contributed by atoms with Gasteiger partial charge in [-0.05, 0) is 52.2 Å². The Hall–Kier alpha value is -4.49. The van der Waals surface area contributed by atoms with E-state index in [2.05, 4.69) is 15.8 Å². The van der Waals surface area contributed by atoms with Gasteiger partial charge in [-0.2, -0.15) is 8.42 Å². The average Bonchev–Trinajstić information content (AvgIpc) is 2.75. The zero-order chi connectivity index (χ0) is 25.8. The Labute approximate surface area is 199 Å². The average molecular weight is 499 g/mol. The number of hydrogen-bond donors (Lipinski definition) is 7. The lowest BCUT2D eigenvalue weighted by Crippen LogP contribution is -2.22. The van der Waals surface area contributed by atoms with E-state index in [-0.39, 0.29) is 29.1 Å². The van der Waals surface area contributed by atoms with E-state index < -0.39 is 27.7 Å². The Balaban J connectivity index is 1.84. The van der Waals surface area contributed by atoms with Crippen molar-refractivity contribution in [3.05, 3.63) is 70.8 Å². The smallest absolute Gasteiger partial charge is 0.336 e. The van der Waals surface area contributed by atoms with Crippen LogP contribution in [0.3, 0.4) is 0 Å². The van der Waals surface area contributed by atoms with Crippen LogP contribution in [-0.2, 0) is 27.1 Å². The molecule has 0 aliphatic carbocycles. The highest BCUT2D eigenvalue weighted by Gasteiger charge is 2.16. The number of nitrogen functional groups attached to an aromatic ring is 1. The van der Waals surface area contributed by atoms with Gasteiger partial charge >= 0.3 is 5.97 Å². The van der Waals surface area contributed by atoms with Crippen LogP contribution < -0.4 is 22.3 Å². The number of nitrogens with two attached hydrogens (primary N) is 2. The van der Waals surface area contributed by atoms with Gasteiger partial charge in [-0.3, -0.25) is 25.6 Å². The molecule has 182 valence electrons. The molecule has 0 saturated heterocycles. The first kappa shape index (κ1) is 25.1. The van der Waals surface area contributed by atoms with Crippen LogP contribution in [0.25, 0.3) is 10.8 Å². The first-order chi connectivity index (χ1) is 16.4. The zero-order valence-corrected chi connectivity index (χ0v) is 19.0. The predicted molar refractivity (Wildman–Crippen MR) is 131 cm³/mol. The molecule has 35 heavy (non-hydrogen) atoms. The molecule has 0 fully saturated rings. The van der Waals surface area contributed by atoms with Gasteiger partial charge in [0.1, 0.15) is 17.9 Å². The van der Waals surface area contributed by atoms with Gasteiger partial charge in [0.25, 0.3) is 10.1 Å². The fourth-order valence-corrected chi connectivity index (χ4v) is 4.08. The van der Waals surface area contributed by atoms with Gasteiger partial charge in [0.2, 0.25) is 5.91 Å². The van der Waals surface area contributed by atoms with Gasteiger partial charge in [0, 0.05) is 5.56 Å². The molecular weight excluding hydrogens is 476 g/mol. The topological polar surface area (TPSA) is 221 Å². The number of aromatic carboxylic acids is 1. The van der Waals surface area contributed by atoms with Gasteiger partial charge in [0.05, 0.1) is 23.4 Å². The minimum Gasteiger partial charge on any atom is -0.478 e. The lowest BCUT2D eigenvalue weighted by atomic mass is 9.98. The summed E-state index contributed by atoms with van der Waals surface area (Å²) in [5.74, 6) is -2.84. The summed E-state index contributed by atoms with van der Waals surface area (Å²) in [5.41, 5.74) is 18.1. The van der Waals surface area contributed by atoms with Crippen molar-refractivity contribution in [2.75, 3.05) is 5.43 Å². The summed E-state index contributed by atoms with van der Waals surface area (Å²) < 4.78 is 31.5.